The Bertz CT molecular complexity index is 509. The third-order valence-electron chi connectivity index (χ3n) is 3.63. The number of rotatable bonds is 2. The normalized spacial score (nSPS) is 22.8. The fourth-order valence-electron chi connectivity index (χ4n) is 2.08. The standard InChI is InChI=1S/C18H26S2Si/c1-14(2)17-12-19-18(20-13-17)16-8-6-15(7-9-16)10-11-21(3,4)5/h6-9,14,17-18H,12-13H2,1-5H3. The molecule has 0 spiro atoms. The predicted octanol–water partition coefficient (Wildman–Crippen LogP) is 5.67. The molecule has 1 aliphatic rings. The molecule has 1 aliphatic heterocycles. The molecule has 0 nitrogen and oxygen atoms in total. The maximum atomic E-state index is 3.43. The number of thioether (sulfide) groups is 2. The van der Waals surface area contributed by atoms with Crippen LogP contribution in [0.3, 0.4) is 0 Å². The first kappa shape index (κ1) is 17.1. The first-order valence-electron chi connectivity index (χ1n) is 7.71. The summed E-state index contributed by atoms with van der Waals surface area (Å²) in [5.41, 5.74) is 6.04. The van der Waals surface area contributed by atoms with E-state index in [-0.39, 0.29) is 0 Å². The molecule has 0 atom stereocenters. The van der Waals surface area contributed by atoms with Gasteiger partial charge in [-0.05, 0) is 41.0 Å². The Kier molecular flexibility index (Phi) is 5.94. The molecule has 1 saturated heterocycles. The highest BCUT2D eigenvalue weighted by molar-refractivity contribution is 8.16. The summed E-state index contributed by atoms with van der Waals surface area (Å²) in [5.74, 6) is 7.61. The summed E-state index contributed by atoms with van der Waals surface area (Å²) in [6.07, 6.45) is 0. The summed E-state index contributed by atoms with van der Waals surface area (Å²) >= 11 is 4.22. The van der Waals surface area contributed by atoms with E-state index in [0.717, 1.165) is 17.4 Å². The predicted molar refractivity (Wildman–Crippen MR) is 103 cm³/mol. The SMILES string of the molecule is CC(C)C1CSC(c2ccc(C#C[Si](C)(C)C)cc2)SC1. The van der Waals surface area contributed by atoms with Crippen LogP contribution in [0.1, 0.15) is 29.6 Å². The van der Waals surface area contributed by atoms with E-state index in [2.05, 4.69) is 92.7 Å². The van der Waals surface area contributed by atoms with Gasteiger partial charge in [0.25, 0.3) is 0 Å². The van der Waals surface area contributed by atoms with Gasteiger partial charge in [-0.1, -0.05) is 51.5 Å². The van der Waals surface area contributed by atoms with Crippen LogP contribution in [0.2, 0.25) is 19.6 Å². The molecule has 1 aromatic carbocycles. The second kappa shape index (κ2) is 7.31. The minimum atomic E-state index is -1.27. The van der Waals surface area contributed by atoms with Crippen LogP contribution in [-0.2, 0) is 0 Å². The first-order valence-corrected chi connectivity index (χ1v) is 13.3. The highest BCUT2D eigenvalue weighted by Gasteiger charge is 2.25. The summed E-state index contributed by atoms with van der Waals surface area (Å²) in [6, 6.07) is 8.93. The Balaban J connectivity index is 1.98. The summed E-state index contributed by atoms with van der Waals surface area (Å²) in [6.45, 7) is 11.6. The van der Waals surface area contributed by atoms with Crippen LogP contribution in [0.25, 0.3) is 0 Å². The van der Waals surface area contributed by atoms with Crippen molar-refractivity contribution in [3.8, 4) is 11.5 Å². The van der Waals surface area contributed by atoms with Crippen LogP contribution >= 0.6 is 23.5 Å². The lowest BCUT2D eigenvalue weighted by Crippen LogP contribution is -2.19. The smallest absolute Gasteiger partial charge is 0.129 e. The number of benzene rings is 1. The van der Waals surface area contributed by atoms with Gasteiger partial charge in [0, 0.05) is 5.56 Å². The molecule has 0 unspecified atom stereocenters. The second-order valence-electron chi connectivity index (χ2n) is 7.12. The van der Waals surface area contributed by atoms with Crippen molar-refractivity contribution in [3.05, 3.63) is 35.4 Å². The van der Waals surface area contributed by atoms with Gasteiger partial charge in [0.15, 0.2) is 0 Å². The van der Waals surface area contributed by atoms with Crippen LogP contribution in [0.15, 0.2) is 24.3 Å². The van der Waals surface area contributed by atoms with Gasteiger partial charge in [-0.15, -0.1) is 29.1 Å². The van der Waals surface area contributed by atoms with Crippen LogP contribution in [0.5, 0.6) is 0 Å². The summed E-state index contributed by atoms with van der Waals surface area (Å²) in [7, 11) is -1.27. The highest BCUT2D eigenvalue weighted by atomic mass is 32.2. The van der Waals surface area contributed by atoms with Gasteiger partial charge in [-0.3, -0.25) is 0 Å². The van der Waals surface area contributed by atoms with Crippen LogP contribution in [-0.4, -0.2) is 19.6 Å². The lowest BCUT2D eigenvalue weighted by Gasteiger charge is -2.30. The fourth-order valence-corrected chi connectivity index (χ4v) is 6.15. The van der Waals surface area contributed by atoms with E-state index >= 15 is 0 Å². The minimum Gasteiger partial charge on any atom is -0.142 e. The van der Waals surface area contributed by atoms with Crippen molar-refractivity contribution < 1.29 is 0 Å². The highest BCUT2D eigenvalue weighted by Crippen LogP contribution is 2.46. The van der Waals surface area contributed by atoms with E-state index in [0.29, 0.717) is 4.58 Å². The third-order valence-corrected chi connectivity index (χ3v) is 7.71. The third kappa shape index (κ3) is 5.43. The molecule has 0 aliphatic carbocycles. The van der Waals surface area contributed by atoms with Crippen molar-refractivity contribution in [1.82, 2.24) is 0 Å². The molecule has 0 aromatic heterocycles. The van der Waals surface area contributed by atoms with Gasteiger partial charge in [0.2, 0.25) is 0 Å². The van der Waals surface area contributed by atoms with Gasteiger partial charge >= 0.3 is 0 Å². The summed E-state index contributed by atoms with van der Waals surface area (Å²) in [5, 5.41) is 0. The van der Waals surface area contributed by atoms with Gasteiger partial charge in [0.05, 0.1) is 4.58 Å². The molecular weight excluding hydrogens is 308 g/mol. The summed E-state index contributed by atoms with van der Waals surface area (Å²) < 4.78 is 0.610. The zero-order valence-electron chi connectivity index (χ0n) is 13.8. The van der Waals surface area contributed by atoms with Gasteiger partial charge in [-0.25, -0.2) is 0 Å². The van der Waals surface area contributed by atoms with Crippen LogP contribution < -0.4 is 0 Å². The van der Waals surface area contributed by atoms with E-state index in [4.69, 9.17) is 0 Å². The Hall–Kier alpha value is -0.303. The minimum absolute atomic E-state index is 0.610. The van der Waals surface area contributed by atoms with Crippen LogP contribution in [0.4, 0.5) is 0 Å². The molecule has 0 amide bonds. The van der Waals surface area contributed by atoms with Crippen molar-refractivity contribution in [2.75, 3.05) is 11.5 Å². The number of hydrogen-bond acceptors (Lipinski definition) is 2. The molecule has 114 valence electrons. The molecule has 0 bridgehead atoms. The molecule has 1 fully saturated rings. The van der Waals surface area contributed by atoms with Gasteiger partial charge in [0.1, 0.15) is 8.07 Å². The maximum Gasteiger partial charge on any atom is 0.129 e. The van der Waals surface area contributed by atoms with Crippen molar-refractivity contribution in [3.63, 3.8) is 0 Å². The number of hydrogen-bond donors (Lipinski definition) is 0. The quantitative estimate of drug-likeness (QED) is 0.505. The van der Waals surface area contributed by atoms with Crippen molar-refractivity contribution in [1.29, 1.82) is 0 Å². The van der Waals surface area contributed by atoms with Crippen molar-refractivity contribution in [2.24, 2.45) is 11.8 Å². The van der Waals surface area contributed by atoms with E-state index in [1.54, 1.807) is 0 Å². The zero-order valence-corrected chi connectivity index (χ0v) is 16.4. The molecule has 1 heterocycles. The average molecular weight is 335 g/mol. The molecule has 0 saturated carbocycles. The fraction of sp³-hybridized carbons (Fsp3) is 0.556. The van der Waals surface area contributed by atoms with Crippen molar-refractivity contribution in [2.45, 2.75) is 38.1 Å². The van der Waals surface area contributed by atoms with Gasteiger partial charge in [-0.2, -0.15) is 0 Å². The monoisotopic (exact) mass is 334 g/mol. The average Bonchev–Trinajstić information content (AvgIpc) is 2.45. The lowest BCUT2D eigenvalue weighted by molar-refractivity contribution is 0.470. The molecule has 3 heteroatoms. The second-order valence-corrected chi connectivity index (χ2v) is 14.4. The Morgan fingerprint density at radius 1 is 1.05 bits per heavy atom. The molecule has 21 heavy (non-hydrogen) atoms. The molecule has 0 N–H and O–H groups in total. The first-order chi connectivity index (χ1) is 9.85. The van der Waals surface area contributed by atoms with E-state index in [1.807, 2.05) is 0 Å². The Morgan fingerprint density at radius 3 is 2.10 bits per heavy atom. The van der Waals surface area contributed by atoms with Gasteiger partial charge < -0.3 is 0 Å². The lowest BCUT2D eigenvalue weighted by atomic mass is 10.0. The molecule has 1 aromatic rings. The summed E-state index contributed by atoms with van der Waals surface area (Å²) in [4.78, 5) is 0. The maximum absolute atomic E-state index is 3.43. The van der Waals surface area contributed by atoms with E-state index in [1.165, 1.54) is 17.1 Å². The van der Waals surface area contributed by atoms with Crippen molar-refractivity contribution >= 4 is 31.6 Å². The van der Waals surface area contributed by atoms with E-state index < -0.39 is 8.07 Å². The molecule has 2 rings (SSSR count). The molecular formula is C18H26S2Si. The zero-order chi connectivity index (χ0) is 15.5. The van der Waals surface area contributed by atoms with E-state index in [9.17, 15) is 0 Å². The van der Waals surface area contributed by atoms with Crippen LogP contribution in [0, 0.1) is 23.3 Å². The molecule has 0 radical (unpaired) electrons. The Labute approximate surface area is 139 Å². The Morgan fingerprint density at radius 2 is 1.62 bits per heavy atom. The largest absolute Gasteiger partial charge is 0.142 e. The topological polar surface area (TPSA) is 0 Å².